The minimum absolute atomic E-state index is 0.373. The zero-order chi connectivity index (χ0) is 27.4. The molecule has 0 saturated carbocycles. The number of fused-ring (bicyclic) bond motifs is 2. The summed E-state index contributed by atoms with van der Waals surface area (Å²) < 4.78 is 2.79. The van der Waals surface area contributed by atoms with Crippen molar-refractivity contribution in [3.05, 3.63) is 70.4 Å². The molecule has 1 unspecified atom stereocenters. The van der Waals surface area contributed by atoms with Crippen molar-refractivity contribution in [1.82, 2.24) is 19.7 Å². The van der Waals surface area contributed by atoms with Crippen molar-refractivity contribution < 1.29 is 15.0 Å². The predicted molar refractivity (Wildman–Crippen MR) is 157 cm³/mol. The highest BCUT2D eigenvalue weighted by Crippen LogP contribution is 2.43. The summed E-state index contributed by atoms with van der Waals surface area (Å²) in [5.74, 6) is -0.832. The maximum absolute atomic E-state index is 11.8. The highest BCUT2D eigenvalue weighted by Gasteiger charge is 2.27. The number of benzene rings is 3. The lowest BCUT2D eigenvalue weighted by atomic mass is 9.91. The summed E-state index contributed by atoms with van der Waals surface area (Å²) in [7, 11) is 4.16. The van der Waals surface area contributed by atoms with E-state index in [1.807, 2.05) is 36.9 Å². The van der Waals surface area contributed by atoms with Gasteiger partial charge in [0.05, 0.1) is 21.4 Å². The van der Waals surface area contributed by atoms with Crippen molar-refractivity contribution in [2.75, 3.05) is 20.1 Å². The summed E-state index contributed by atoms with van der Waals surface area (Å²) in [6.45, 7) is 3.98. The summed E-state index contributed by atoms with van der Waals surface area (Å²) in [5, 5.41) is 27.9. The number of aromatic nitrogens is 3. The Bertz CT molecular complexity index is 1720. The van der Waals surface area contributed by atoms with E-state index in [9.17, 15) is 15.0 Å². The molecule has 9 heteroatoms. The molecule has 3 aromatic carbocycles. The Hall–Kier alpha value is -3.30. The van der Waals surface area contributed by atoms with E-state index in [2.05, 4.69) is 30.1 Å². The van der Waals surface area contributed by atoms with Gasteiger partial charge in [-0.3, -0.25) is 4.68 Å². The lowest BCUT2D eigenvalue weighted by Gasteiger charge is -2.28. The molecule has 0 bridgehead atoms. The van der Waals surface area contributed by atoms with Crippen LogP contribution in [0.3, 0.4) is 0 Å². The Morgan fingerprint density at radius 2 is 1.77 bits per heavy atom. The van der Waals surface area contributed by atoms with E-state index in [0.717, 1.165) is 57.8 Å². The number of nitrogens with zero attached hydrogens (tertiary/aromatic N) is 4. The Morgan fingerprint density at radius 1 is 1.08 bits per heavy atom. The van der Waals surface area contributed by atoms with Crippen LogP contribution >= 0.6 is 22.9 Å². The number of carboxylic acid groups (broad SMARTS) is 1. The fourth-order valence-electron chi connectivity index (χ4n) is 5.72. The van der Waals surface area contributed by atoms with Crippen LogP contribution in [0.15, 0.2) is 48.5 Å². The van der Waals surface area contributed by atoms with Crippen LogP contribution in [-0.4, -0.2) is 56.0 Å². The van der Waals surface area contributed by atoms with Gasteiger partial charge in [0.1, 0.15) is 5.01 Å². The third kappa shape index (κ3) is 4.61. The molecule has 1 saturated heterocycles. The fraction of sp³-hybridized carbons (Fsp3) is 0.300. The fourth-order valence-corrected chi connectivity index (χ4v) is 6.96. The van der Waals surface area contributed by atoms with E-state index >= 15 is 0 Å². The Kier molecular flexibility index (Phi) is 6.67. The molecular formula is C30H29ClN4O3S. The number of thiazole rings is 1. The van der Waals surface area contributed by atoms with E-state index in [0.29, 0.717) is 27.6 Å². The van der Waals surface area contributed by atoms with Gasteiger partial charge in [-0.2, -0.15) is 5.10 Å². The molecule has 0 aliphatic carbocycles. The smallest absolute Gasteiger partial charge is 0.337 e. The maximum Gasteiger partial charge on any atom is 0.337 e. The standard InChI is InChI=1S/C30H29ClN4O3S/c1-16-14-22-28(25(24(16)27(36)30(37)38)17-4-7-20(31)8-5-17)39-29(32-22)19-6-9-21-23(15-19)35(3)33-26(21)18-10-12-34(2)13-11-18/h4-9,14-15,18,27,36H,10-13H2,1-3H3,(H,37,38). The van der Waals surface area contributed by atoms with Crippen molar-refractivity contribution >= 4 is 50.0 Å². The number of likely N-dealkylation sites (tertiary alicyclic amines) is 1. The number of carboxylic acids is 1. The molecular weight excluding hydrogens is 532 g/mol. The first-order valence-corrected chi connectivity index (χ1v) is 14.2. The van der Waals surface area contributed by atoms with Crippen LogP contribution in [-0.2, 0) is 11.8 Å². The number of rotatable bonds is 5. The highest BCUT2D eigenvalue weighted by atomic mass is 35.5. The first-order chi connectivity index (χ1) is 18.7. The number of hydrogen-bond donors (Lipinski definition) is 2. The van der Waals surface area contributed by atoms with Gasteiger partial charge in [0.25, 0.3) is 0 Å². The van der Waals surface area contributed by atoms with E-state index in [-0.39, 0.29) is 0 Å². The molecule has 2 aromatic heterocycles. The normalized spacial score (nSPS) is 15.8. The third-order valence-electron chi connectivity index (χ3n) is 7.80. The number of carbonyl (C=O) groups is 1. The lowest BCUT2D eigenvalue weighted by Crippen LogP contribution is -2.29. The van der Waals surface area contributed by atoms with Gasteiger partial charge in [-0.05, 0) is 75.3 Å². The predicted octanol–water partition coefficient (Wildman–Crippen LogP) is 6.41. The summed E-state index contributed by atoms with van der Waals surface area (Å²) in [4.78, 5) is 19.2. The zero-order valence-electron chi connectivity index (χ0n) is 22.0. The largest absolute Gasteiger partial charge is 0.479 e. The van der Waals surface area contributed by atoms with Crippen molar-refractivity contribution in [2.45, 2.75) is 31.8 Å². The molecule has 200 valence electrons. The molecule has 39 heavy (non-hydrogen) atoms. The molecule has 0 amide bonds. The van der Waals surface area contributed by atoms with Gasteiger partial charge < -0.3 is 15.1 Å². The third-order valence-corrected chi connectivity index (χ3v) is 9.19. The van der Waals surface area contributed by atoms with Gasteiger partial charge in [0.15, 0.2) is 6.10 Å². The molecule has 1 aliphatic rings. The zero-order valence-corrected chi connectivity index (χ0v) is 23.6. The van der Waals surface area contributed by atoms with Gasteiger partial charge in [0, 0.05) is 40.1 Å². The summed E-state index contributed by atoms with van der Waals surface area (Å²) in [6.07, 6.45) is 0.563. The maximum atomic E-state index is 11.8. The minimum Gasteiger partial charge on any atom is -0.479 e. The molecule has 2 N–H and O–H groups in total. The number of piperidine rings is 1. The quantitative estimate of drug-likeness (QED) is 0.258. The van der Waals surface area contributed by atoms with Crippen molar-refractivity contribution in [3.63, 3.8) is 0 Å². The first kappa shape index (κ1) is 26.0. The summed E-state index contributed by atoms with van der Waals surface area (Å²) in [5.41, 5.74) is 6.47. The Balaban J connectivity index is 1.49. The molecule has 1 atom stereocenters. The van der Waals surface area contributed by atoms with Gasteiger partial charge in [-0.1, -0.05) is 35.9 Å². The number of hydrogen-bond acceptors (Lipinski definition) is 6. The Morgan fingerprint density at radius 3 is 2.46 bits per heavy atom. The van der Waals surface area contributed by atoms with Crippen LogP contribution in [0.2, 0.25) is 5.02 Å². The molecule has 0 spiro atoms. The minimum atomic E-state index is -1.66. The average Bonchev–Trinajstić information content (AvgIpc) is 3.49. The van der Waals surface area contributed by atoms with Gasteiger partial charge in [0.2, 0.25) is 0 Å². The monoisotopic (exact) mass is 560 g/mol. The van der Waals surface area contributed by atoms with Gasteiger partial charge >= 0.3 is 5.97 Å². The SMILES string of the molecule is Cc1cc2nc(-c3ccc4c(C5CCN(C)CC5)nn(C)c4c3)sc2c(-c2ccc(Cl)cc2)c1C(O)C(=O)O. The Labute approximate surface area is 235 Å². The molecule has 0 radical (unpaired) electrons. The number of aliphatic carboxylic acids is 1. The average molecular weight is 561 g/mol. The second-order valence-electron chi connectivity index (χ2n) is 10.4. The van der Waals surface area contributed by atoms with Gasteiger partial charge in [-0.25, -0.2) is 9.78 Å². The van der Waals surface area contributed by atoms with Gasteiger partial charge in [-0.15, -0.1) is 11.3 Å². The van der Waals surface area contributed by atoms with E-state index in [1.54, 1.807) is 12.1 Å². The van der Waals surface area contributed by atoms with E-state index in [1.165, 1.54) is 22.4 Å². The second-order valence-corrected chi connectivity index (χ2v) is 11.9. The highest BCUT2D eigenvalue weighted by molar-refractivity contribution is 7.22. The van der Waals surface area contributed by atoms with Crippen LogP contribution in [0.25, 0.3) is 42.8 Å². The molecule has 6 rings (SSSR count). The first-order valence-electron chi connectivity index (χ1n) is 13.0. The topological polar surface area (TPSA) is 91.5 Å². The van der Waals surface area contributed by atoms with Crippen molar-refractivity contribution in [1.29, 1.82) is 0 Å². The van der Waals surface area contributed by atoms with Crippen molar-refractivity contribution in [3.8, 4) is 21.7 Å². The molecule has 1 aliphatic heterocycles. The van der Waals surface area contributed by atoms with Crippen LogP contribution in [0, 0.1) is 6.92 Å². The van der Waals surface area contributed by atoms with E-state index < -0.39 is 12.1 Å². The number of aryl methyl sites for hydroxylation is 2. The van der Waals surface area contributed by atoms with E-state index in [4.69, 9.17) is 21.7 Å². The number of halogens is 1. The van der Waals surface area contributed by atoms with Crippen LogP contribution < -0.4 is 0 Å². The molecule has 5 aromatic rings. The summed E-state index contributed by atoms with van der Waals surface area (Å²) >= 11 is 7.64. The molecule has 7 nitrogen and oxygen atoms in total. The molecule has 1 fully saturated rings. The van der Waals surface area contributed by atoms with Crippen LogP contribution in [0.4, 0.5) is 0 Å². The molecule has 3 heterocycles. The second kappa shape index (κ2) is 10.0. The number of aliphatic hydroxyl groups is 1. The van der Waals surface area contributed by atoms with Crippen LogP contribution in [0.1, 0.15) is 41.7 Å². The summed E-state index contributed by atoms with van der Waals surface area (Å²) in [6, 6.07) is 15.5. The number of aliphatic hydroxyl groups excluding tert-OH is 1. The van der Waals surface area contributed by atoms with Crippen molar-refractivity contribution in [2.24, 2.45) is 7.05 Å². The lowest BCUT2D eigenvalue weighted by molar-refractivity contribution is -0.146. The van der Waals surface area contributed by atoms with Crippen LogP contribution in [0.5, 0.6) is 0 Å².